The van der Waals surface area contributed by atoms with Crippen molar-refractivity contribution < 1.29 is 4.43 Å². The Bertz CT molecular complexity index is 111. The molecule has 1 rings (SSSR count). The van der Waals surface area contributed by atoms with E-state index in [4.69, 9.17) is 4.43 Å². The van der Waals surface area contributed by atoms with Gasteiger partial charge in [0.25, 0.3) is 0 Å². The summed E-state index contributed by atoms with van der Waals surface area (Å²) in [5.74, 6) is 0.918. The lowest BCUT2D eigenvalue weighted by Crippen LogP contribution is -2.39. The van der Waals surface area contributed by atoms with Crippen LogP contribution in [0.5, 0.6) is 0 Å². The Balaban J connectivity index is 2.16. The molecule has 1 nitrogen and oxygen atoms in total. The lowest BCUT2D eigenvalue weighted by molar-refractivity contribution is 0.0674. The maximum Gasteiger partial charge on any atom is 0.184 e. The first-order valence-corrected chi connectivity index (χ1v) is 7.56. The molecule has 1 aliphatic rings. The molecule has 2 heteroatoms. The second kappa shape index (κ2) is 2.66. The molecule has 0 heterocycles. The molecule has 1 saturated carbocycles. The average Bonchev–Trinajstić information content (AvgIpc) is 1.57. The van der Waals surface area contributed by atoms with Crippen LogP contribution < -0.4 is 0 Å². The zero-order valence-electron chi connectivity index (χ0n) is 7.48. The van der Waals surface area contributed by atoms with E-state index in [1.54, 1.807) is 0 Å². The molecule has 0 radical (unpaired) electrons. The monoisotopic (exact) mass is 158 g/mol. The summed E-state index contributed by atoms with van der Waals surface area (Å²) < 4.78 is 5.88. The van der Waals surface area contributed by atoms with Gasteiger partial charge in [-0.05, 0) is 38.4 Å². The van der Waals surface area contributed by atoms with Crippen molar-refractivity contribution in [1.82, 2.24) is 0 Å². The molecule has 60 valence electrons. The van der Waals surface area contributed by atoms with E-state index in [-0.39, 0.29) is 0 Å². The minimum absolute atomic E-state index is 0.613. The van der Waals surface area contributed by atoms with E-state index in [1.807, 2.05) is 0 Å². The van der Waals surface area contributed by atoms with Crippen LogP contribution in [0.25, 0.3) is 0 Å². The quantitative estimate of drug-likeness (QED) is 0.561. The predicted molar refractivity (Wildman–Crippen MR) is 46.6 cm³/mol. The van der Waals surface area contributed by atoms with Gasteiger partial charge in [-0.1, -0.05) is 6.92 Å². The lowest BCUT2D eigenvalue weighted by Gasteiger charge is -2.37. The fraction of sp³-hybridized carbons (Fsp3) is 1.00. The van der Waals surface area contributed by atoms with Crippen molar-refractivity contribution in [3.8, 4) is 0 Å². The molecule has 0 unspecified atom stereocenters. The minimum Gasteiger partial charge on any atom is -0.415 e. The van der Waals surface area contributed by atoms with Gasteiger partial charge >= 0.3 is 0 Å². The van der Waals surface area contributed by atoms with Gasteiger partial charge in [0.2, 0.25) is 0 Å². The van der Waals surface area contributed by atoms with Crippen LogP contribution in [-0.2, 0) is 4.43 Å². The van der Waals surface area contributed by atoms with Crippen molar-refractivity contribution >= 4 is 8.32 Å². The summed E-state index contributed by atoms with van der Waals surface area (Å²) >= 11 is 0. The van der Waals surface area contributed by atoms with Crippen molar-refractivity contribution in [2.75, 3.05) is 0 Å². The Morgan fingerprint density at radius 2 is 1.70 bits per heavy atom. The summed E-state index contributed by atoms with van der Waals surface area (Å²) in [6.07, 6.45) is 3.20. The van der Waals surface area contributed by atoms with E-state index >= 15 is 0 Å². The highest BCUT2D eigenvalue weighted by atomic mass is 28.4. The highest BCUT2D eigenvalue weighted by Crippen LogP contribution is 2.31. The Hall–Kier alpha value is 0.177. The summed E-state index contributed by atoms with van der Waals surface area (Å²) in [4.78, 5) is 0. The molecule has 0 aromatic carbocycles. The Kier molecular flexibility index (Phi) is 2.20. The second-order valence-electron chi connectivity index (χ2n) is 4.43. The average molecular weight is 158 g/mol. The van der Waals surface area contributed by atoms with Crippen LogP contribution >= 0.6 is 0 Å². The SMILES string of the molecule is C[Si](C)(C)O[C@H]1C[C@@H](C)C1. The zero-order chi connectivity index (χ0) is 7.78. The third kappa shape index (κ3) is 2.43. The van der Waals surface area contributed by atoms with Gasteiger partial charge in [0.1, 0.15) is 0 Å². The van der Waals surface area contributed by atoms with Gasteiger partial charge in [0.05, 0.1) is 0 Å². The van der Waals surface area contributed by atoms with Crippen LogP contribution in [-0.4, -0.2) is 14.4 Å². The van der Waals surface area contributed by atoms with E-state index in [9.17, 15) is 0 Å². The van der Waals surface area contributed by atoms with Gasteiger partial charge in [-0.3, -0.25) is 0 Å². The van der Waals surface area contributed by atoms with Gasteiger partial charge in [-0.2, -0.15) is 0 Å². The highest BCUT2D eigenvalue weighted by Gasteiger charge is 2.30. The molecule has 0 spiro atoms. The van der Waals surface area contributed by atoms with Crippen LogP contribution in [0.15, 0.2) is 0 Å². The first-order chi connectivity index (χ1) is 4.47. The third-order valence-corrected chi connectivity index (χ3v) is 2.89. The summed E-state index contributed by atoms with van der Waals surface area (Å²) in [6.45, 7) is 9.08. The molecule has 0 atom stereocenters. The molecule has 0 amide bonds. The highest BCUT2D eigenvalue weighted by molar-refractivity contribution is 6.69. The van der Waals surface area contributed by atoms with Crippen LogP contribution in [0.2, 0.25) is 19.6 Å². The predicted octanol–water partition coefficient (Wildman–Crippen LogP) is 2.64. The van der Waals surface area contributed by atoms with Gasteiger partial charge in [-0.15, -0.1) is 0 Å². The minimum atomic E-state index is -1.22. The molecule has 0 aromatic heterocycles. The molecule has 0 aliphatic heterocycles. The number of hydrogen-bond acceptors (Lipinski definition) is 1. The lowest BCUT2D eigenvalue weighted by atomic mass is 9.84. The summed E-state index contributed by atoms with van der Waals surface area (Å²) in [5, 5.41) is 0. The van der Waals surface area contributed by atoms with Crippen molar-refractivity contribution in [3.05, 3.63) is 0 Å². The smallest absolute Gasteiger partial charge is 0.184 e. The molecular weight excluding hydrogens is 140 g/mol. The third-order valence-electron chi connectivity index (χ3n) is 1.85. The zero-order valence-corrected chi connectivity index (χ0v) is 8.48. The maximum atomic E-state index is 5.88. The van der Waals surface area contributed by atoms with Crippen LogP contribution in [0.4, 0.5) is 0 Å². The Morgan fingerprint density at radius 1 is 1.20 bits per heavy atom. The van der Waals surface area contributed by atoms with Crippen molar-refractivity contribution in [2.45, 2.75) is 45.5 Å². The molecule has 0 bridgehead atoms. The maximum absolute atomic E-state index is 5.88. The van der Waals surface area contributed by atoms with Crippen LogP contribution in [0, 0.1) is 5.92 Å². The number of hydrogen-bond donors (Lipinski definition) is 0. The Morgan fingerprint density at radius 3 is 2.00 bits per heavy atom. The second-order valence-corrected chi connectivity index (χ2v) is 8.89. The van der Waals surface area contributed by atoms with Crippen molar-refractivity contribution in [1.29, 1.82) is 0 Å². The van der Waals surface area contributed by atoms with Gasteiger partial charge in [0.15, 0.2) is 8.32 Å². The van der Waals surface area contributed by atoms with Gasteiger partial charge < -0.3 is 4.43 Å². The van der Waals surface area contributed by atoms with Gasteiger partial charge in [-0.25, -0.2) is 0 Å². The van der Waals surface area contributed by atoms with Gasteiger partial charge in [0, 0.05) is 6.10 Å². The molecular formula is C8H18OSi. The topological polar surface area (TPSA) is 9.23 Å². The van der Waals surface area contributed by atoms with Crippen molar-refractivity contribution in [2.24, 2.45) is 5.92 Å². The van der Waals surface area contributed by atoms with Crippen LogP contribution in [0.3, 0.4) is 0 Å². The molecule has 0 N–H and O–H groups in total. The molecule has 1 fully saturated rings. The molecule has 10 heavy (non-hydrogen) atoms. The van der Waals surface area contributed by atoms with E-state index in [0.717, 1.165) is 5.92 Å². The fourth-order valence-corrected chi connectivity index (χ4v) is 2.62. The molecule has 0 aromatic rings. The normalized spacial score (nSPS) is 33.6. The first kappa shape index (κ1) is 8.28. The fourth-order valence-electron chi connectivity index (χ4n) is 1.42. The number of rotatable bonds is 2. The van der Waals surface area contributed by atoms with E-state index in [0.29, 0.717) is 6.10 Å². The standard InChI is InChI=1S/C8H18OSi/c1-7-5-8(6-7)9-10(2,3)4/h7-8H,5-6H2,1-4H3/t7-,8+. The summed E-state index contributed by atoms with van der Waals surface area (Å²) in [5.41, 5.74) is 0. The largest absolute Gasteiger partial charge is 0.415 e. The summed E-state index contributed by atoms with van der Waals surface area (Å²) in [6, 6.07) is 0. The van der Waals surface area contributed by atoms with Crippen molar-refractivity contribution in [3.63, 3.8) is 0 Å². The Labute approximate surface area is 64.9 Å². The van der Waals surface area contributed by atoms with E-state index < -0.39 is 8.32 Å². The molecule has 1 aliphatic carbocycles. The first-order valence-electron chi connectivity index (χ1n) is 4.15. The summed E-state index contributed by atoms with van der Waals surface area (Å²) in [7, 11) is -1.22. The van der Waals surface area contributed by atoms with Crippen LogP contribution in [0.1, 0.15) is 19.8 Å². The molecule has 0 saturated heterocycles. The van der Waals surface area contributed by atoms with E-state index in [1.165, 1.54) is 12.8 Å². The van der Waals surface area contributed by atoms with E-state index in [2.05, 4.69) is 26.6 Å².